The lowest BCUT2D eigenvalue weighted by Gasteiger charge is -2.29. The lowest BCUT2D eigenvalue weighted by Crippen LogP contribution is -2.34. The van der Waals surface area contributed by atoms with Crippen LogP contribution in [0.2, 0.25) is 0 Å². The Labute approximate surface area is 240 Å². The summed E-state index contributed by atoms with van der Waals surface area (Å²) in [6.45, 7) is 2.83. The maximum Gasteiger partial charge on any atom is 0.338 e. The summed E-state index contributed by atoms with van der Waals surface area (Å²) < 4.78 is 42.6. The first-order valence-corrected chi connectivity index (χ1v) is 13.6. The van der Waals surface area contributed by atoms with Crippen LogP contribution in [0.3, 0.4) is 0 Å². The standard InChI is InChI=1S/C31H27F2N5O4/c32-24-14-19(15-34)4-5-21(24)18-42-28-3-1-2-25(36-28)20-8-11-37(12-9-20)17-27-35-26-7-6-23(31(39)40)29(33)30(26)38(27)16-22-10-13-41-22/h1-8,14,22H,9-13,16-18H2,(H,39,40)/t22-/m0/s1. The van der Waals surface area contributed by atoms with Crippen LogP contribution in [-0.4, -0.2) is 56.3 Å². The predicted molar refractivity (Wildman–Crippen MR) is 149 cm³/mol. The number of hydrogen-bond acceptors (Lipinski definition) is 7. The van der Waals surface area contributed by atoms with E-state index in [4.69, 9.17) is 14.7 Å². The number of rotatable bonds is 9. The molecule has 0 bridgehead atoms. The summed E-state index contributed by atoms with van der Waals surface area (Å²) in [6, 6.07) is 14.4. The van der Waals surface area contributed by atoms with Gasteiger partial charge in [-0.05, 0) is 48.7 Å². The van der Waals surface area contributed by atoms with E-state index < -0.39 is 17.6 Å². The number of pyridine rings is 1. The van der Waals surface area contributed by atoms with Crippen LogP contribution in [0.5, 0.6) is 5.88 Å². The van der Waals surface area contributed by atoms with Gasteiger partial charge in [0.1, 0.15) is 23.8 Å². The molecule has 4 aromatic rings. The van der Waals surface area contributed by atoms with Crippen LogP contribution in [0.1, 0.15) is 45.8 Å². The summed E-state index contributed by atoms with van der Waals surface area (Å²) in [5, 5.41) is 18.3. The number of nitrogens with zero attached hydrogens (tertiary/aromatic N) is 5. The highest BCUT2D eigenvalue weighted by Crippen LogP contribution is 2.28. The zero-order valence-electron chi connectivity index (χ0n) is 22.6. The summed E-state index contributed by atoms with van der Waals surface area (Å²) in [6.07, 6.45) is 3.59. The molecule has 0 spiro atoms. The molecule has 0 radical (unpaired) electrons. The molecule has 1 N–H and O–H groups in total. The number of fused-ring (bicyclic) bond motifs is 1. The number of benzene rings is 2. The molecule has 9 nitrogen and oxygen atoms in total. The average Bonchev–Trinajstić information content (AvgIpc) is 3.32. The Morgan fingerprint density at radius 3 is 2.74 bits per heavy atom. The van der Waals surface area contributed by atoms with Crippen molar-refractivity contribution in [1.82, 2.24) is 19.4 Å². The third-order valence-electron chi connectivity index (χ3n) is 7.60. The molecule has 6 rings (SSSR count). The number of hydrogen-bond donors (Lipinski definition) is 1. The van der Waals surface area contributed by atoms with E-state index in [0.717, 1.165) is 17.7 Å². The van der Waals surface area contributed by atoms with Crippen molar-refractivity contribution in [2.75, 3.05) is 19.7 Å². The molecule has 2 aliphatic rings. The number of aromatic carboxylic acids is 1. The molecule has 2 aliphatic heterocycles. The summed E-state index contributed by atoms with van der Waals surface area (Å²) >= 11 is 0. The highest BCUT2D eigenvalue weighted by Gasteiger charge is 2.26. The number of carboxylic acid groups (broad SMARTS) is 1. The van der Waals surface area contributed by atoms with Gasteiger partial charge < -0.3 is 19.1 Å². The zero-order chi connectivity index (χ0) is 29.2. The van der Waals surface area contributed by atoms with E-state index in [1.54, 1.807) is 22.8 Å². The Morgan fingerprint density at radius 2 is 2.05 bits per heavy atom. The molecule has 0 aliphatic carbocycles. The molecular formula is C31H27F2N5O4. The third-order valence-corrected chi connectivity index (χ3v) is 7.60. The van der Waals surface area contributed by atoms with E-state index in [-0.39, 0.29) is 29.4 Å². The molecule has 0 unspecified atom stereocenters. The second-order valence-corrected chi connectivity index (χ2v) is 10.3. The van der Waals surface area contributed by atoms with Crippen molar-refractivity contribution in [2.24, 2.45) is 0 Å². The van der Waals surface area contributed by atoms with Gasteiger partial charge in [0.15, 0.2) is 5.82 Å². The second kappa shape index (κ2) is 11.7. The molecule has 11 heteroatoms. The molecule has 2 aromatic heterocycles. The zero-order valence-corrected chi connectivity index (χ0v) is 22.6. The molecule has 4 heterocycles. The lowest BCUT2D eigenvalue weighted by atomic mass is 10.0. The van der Waals surface area contributed by atoms with Gasteiger partial charge in [0.05, 0.1) is 47.6 Å². The van der Waals surface area contributed by atoms with Gasteiger partial charge in [-0.2, -0.15) is 5.26 Å². The molecule has 1 atom stereocenters. The van der Waals surface area contributed by atoms with Gasteiger partial charge in [-0.1, -0.05) is 18.2 Å². The van der Waals surface area contributed by atoms with E-state index in [9.17, 15) is 14.3 Å². The largest absolute Gasteiger partial charge is 0.478 e. The number of carbonyl (C=O) groups is 1. The molecule has 2 aromatic carbocycles. The second-order valence-electron chi connectivity index (χ2n) is 10.3. The average molecular weight is 572 g/mol. The molecule has 1 saturated heterocycles. The Balaban J connectivity index is 1.16. The lowest BCUT2D eigenvalue weighted by molar-refractivity contribution is -0.0592. The topological polar surface area (TPSA) is 114 Å². The van der Waals surface area contributed by atoms with Crippen LogP contribution < -0.4 is 4.74 Å². The van der Waals surface area contributed by atoms with Crippen molar-refractivity contribution in [3.05, 3.63) is 94.5 Å². The third kappa shape index (κ3) is 5.59. The Kier molecular flexibility index (Phi) is 7.65. The molecule has 1 fully saturated rings. The smallest absolute Gasteiger partial charge is 0.338 e. The Hall–Kier alpha value is -4.66. The maximum atomic E-state index is 15.3. The van der Waals surface area contributed by atoms with Crippen molar-refractivity contribution in [3.63, 3.8) is 0 Å². The number of ether oxygens (including phenoxy) is 2. The maximum absolute atomic E-state index is 15.3. The number of aromatic nitrogens is 3. The quantitative estimate of drug-likeness (QED) is 0.301. The first-order valence-electron chi connectivity index (χ1n) is 13.6. The fourth-order valence-corrected chi connectivity index (χ4v) is 5.19. The molecule has 42 heavy (non-hydrogen) atoms. The minimum Gasteiger partial charge on any atom is -0.478 e. The van der Waals surface area contributed by atoms with E-state index >= 15 is 4.39 Å². The van der Waals surface area contributed by atoms with Crippen LogP contribution in [0, 0.1) is 23.0 Å². The number of halogens is 2. The summed E-state index contributed by atoms with van der Waals surface area (Å²) in [5.41, 5.74) is 2.63. The van der Waals surface area contributed by atoms with Crippen LogP contribution in [0.25, 0.3) is 16.6 Å². The van der Waals surface area contributed by atoms with Crippen LogP contribution in [0.4, 0.5) is 8.78 Å². The highest BCUT2D eigenvalue weighted by atomic mass is 19.1. The SMILES string of the molecule is N#Cc1ccc(COc2cccc(C3=CCN(Cc4nc5ccc(C(=O)O)c(F)c5n4C[C@@H]4CCO4)CC3)n2)c(F)c1. The van der Waals surface area contributed by atoms with Crippen LogP contribution >= 0.6 is 0 Å². The number of nitriles is 1. The monoisotopic (exact) mass is 571 g/mol. The van der Waals surface area contributed by atoms with Crippen molar-refractivity contribution < 1.29 is 28.2 Å². The van der Waals surface area contributed by atoms with Crippen LogP contribution in [0.15, 0.2) is 54.6 Å². The molecule has 214 valence electrons. The number of imidazole rings is 1. The van der Waals surface area contributed by atoms with E-state index in [0.29, 0.717) is 62.0 Å². The van der Waals surface area contributed by atoms with Crippen molar-refractivity contribution in [1.29, 1.82) is 5.26 Å². The van der Waals surface area contributed by atoms with Crippen LogP contribution in [-0.2, 0) is 24.4 Å². The minimum absolute atomic E-state index is 0.0116. The Morgan fingerprint density at radius 1 is 1.19 bits per heavy atom. The van der Waals surface area contributed by atoms with Gasteiger partial charge in [0, 0.05) is 31.3 Å². The Bertz CT molecular complexity index is 1740. The van der Waals surface area contributed by atoms with Crippen molar-refractivity contribution in [3.8, 4) is 11.9 Å². The normalized spacial score (nSPS) is 17.0. The van der Waals surface area contributed by atoms with E-state index in [1.807, 2.05) is 18.2 Å². The van der Waals surface area contributed by atoms with E-state index in [2.05, 4.69) is 20.9 Å². The summed E-state index contributed by atoms with van der Waals surface area (Å²) in [5.74, 6) is -1.58. The number of carboxylic acids is 1. The highest BCUT2D eigenvalue weighted by molar-refractivity contribution is 5.93. The predicted octanol–water partition coefficient (Wildman–Crippen LogP) is 4.94. The summed E-state index contributed by atoms with van der Waals surface area (Å²) in [4.78, 5) is 23.0. The summed E-state index contributed by atoms with van der Waals surface area (Å²) in [7, 11) is 0. The minimum atomic E-state index is -1.32. The van der Waals surface area contributed by atoms with Gasteiger partial charge in [0.2, 0.25) is 5.88 Å². The van der Waals surface area contributed by atoms with Gasteiger partial charge in [-0.25, -0.2) is 23.5 Å². The van der Waals surface area contributed by atoms with Crippen molar-refractivity contribution in [2.45, 2.75) is 38.6 Å². The van der Waals surface area contributed by atoms with E-state index in [1.165, 1.54) is 18.2 Å². The van der Waals surface area contributed by atoms with Gasteiger partial charge in [0.25, 0.3) is 0 Å². The van der Waals surface area contributed by atoms with Gasteiger partial charge in [-0.15, -0.1) is 0 Å². The van der Waals surface area contributed by atoms with Gasteiger partial charge in [-0.3, -0.25) is 4.90 Å². The first kappa shape index (κ1) is 27.5. The van der Waals surface area contributed by atoms with Gasteiger partial charge >= 0.3 is 5.97 Å². The first-order chi connectivity index (χ1) is 20.4. The fraction of sp³-hybridized carbons (Fsp3) is 0.290. The molecule has 0 saturated carbocycles. The molecule has 0 amide bonds. The molecular weight excluding hydrogens is 544 g/mol. The van der Waals surface area contributed by atoms with Crippen molar-refractivity contribution >= 4 is 22.6 Å². The fourth-order valence-electron chi connectivity index (χ4n) is 5.19.